The fraction of sp³-hybridized carbons (Fsp3) is 0.136. The Kier molecular flexibility index (Phi) is 6.03. The Morgan fingerprint density at radius 1 is 1.03 bits per heavy atom. The first-order valence-electron chi connectivity index (χ1n) is 9.11. The second-order valence-electron chi connectivity index (χ2n) is 6.62. The molecule has 4 rings (SSSR count). The van der Waals surface area contributed by atoms with Crippen LogP contribution in [0.5, 0.6) is 5.75 Å². The summed E-state index contributed by atoms with van der Waals surface area (Å²) in [6, 6.07) is 7.42. The van der Waals surface area contributed by atoms with Crippen molar-refractivity contribution in [3.05, 3.63) is 70.1 Å². The molecule has 0 fully saturated rings. The van der Waals surface area contributed by atoms with E-state index in [4.69, 9.17) is 4.74 Å². The predicted octanol–water partition coefficient (Wildman–Crippen LogP) is 1.91. The normalized spacial score (nSPS) is 13.9. The number of hydrogen-bond acceptors (Lipinski definition) is 5. The Morgan fingerprint density at radius 2 is 1.90 bits per heavy atom. The van der Waals surface area contributed by atoms with E-state index in [-0.39, 0.29) is 21.5 Å². The first kappa shape index (κ1) is 20.4. The van der Waals surface area contributed by atoms with Crippen molar-refractivity contribution in [2.24, 2.45) is 3.21 Å². The van der Waals surface area contributed by atoms with Gasteiger partial charge in [-0.1, -0.05) is 0 Å². The molecule has 0 saturated carbocycles. The van der Waals surface area contributed by atoms with Crippen LogP contribution in [0, 0.1) is 11.6 Å². The van der Waals surface area contributed by atoms with Crippen LogP contribution in [0.3, 0.4) is 0 Å². The molecule has 5 nitrogen and oxygen atoms in total. The molecule has 0 spiro atoms. The van der Waals surface area contributed by atoms with Gasteiger partial charge in [-0.2, -0.15) is 0 Å². The van der Waals surface area contributed by atoms with Gasteiger partial charge in [0.05, 0.1) is 0 Å². The predicted molar refractivity (Wildman–Crippen MR) is 110 cm³/mol. The maximum atomic E-state index is 13.8. The van der Waals surface area contributed by atoms with Crippen molar-refractivity contribution in [3.63, 3.8) is 0 Å². The van der Waals surface area contributed by atoms with Gasteiger partial charge in [-0.15, -0.1) is 0 Å². The van der Waals surface area contributed by atoms with Crippen molar-refractivity contribution in [1.29, 1.82) is 0 Å². The van der Waals surface area contributed by atoms with Gasteiger partial charge in [0.25, 0.3) is 0 Å². The molecular weight excluding hydrogens is 501 g/mol. The van der Waals surface area contributed by atoms with Crippen LogP contribution in [0.4, 0.5) is 14.6 Å². The van der Waals surface area contributed by atoms with E-state index >= 15 is 0 Å². The molecule has 154 valence electrons. The molecule has 0 bridgehead atoms. The van der Waals surface area contributed by atoms with E-state index in [2.05, 4.69) is 28.6 Å². The summed E-state index contributed by atoms with van der Waals surface area (Å²) in [5.74, 6) is -0.621. The van der Waals surface area contributed by atoms with Crippen LogP contribution in [-0.4, -0.2) is 29.3 Å². The maximum absolute atomic E-state index is 13.8. The molecule has 2 aromatic carbocycles. The molecule has 3 aromatic rings. The third kappa shape index (κ3) is 4.33. The molecule has 2 heterocycles. The van der Waals surface area contributed by atoms with E-state index in [1.54, 1.807) is 13.2 Å². The third-order valence-corrected chi connectivity index (χ3v) is 6.66. The number of fused-ring (bicyclic) bond motifs is 1. The summed E-state index contributed by atoms with van der Waals surface area (Å²) in [4.78, 5) is 8.74. The van der Waals surface area contributed by atoms with Gasteiger partial charge in [0.2, 0.25) is 0 Å². The Balaban J connectivity index is 1.72. The number of rotatable bonds is 5. The molecule has 0 atom stereocenters. The average molecular weight is 519 g/mol. The number of anilines is 1. The zero-order valence-electron chi connectivity index (χ0n) is 16.3. The van der Waals surface area contributed by atoms with E-state index in [0.717, 1.165) is 22.7 Å². The van der Waals surface area contributed by atoms with E-state index in [0.29, 0.717) is 34.8 Å². The molecule has 30 heavy (non-hydrogen) atoms. The molecule has 0 unspecified atom stereocenters. The fourth-order valence-corrected chi connectivity index (χ4v) is 4.54. The van der Waals surface area contributed by atoms with Gasteiger partial charge in [-0.25, -0.2) is 4.39 Å². The molecule has 0 aliphatic carbocycles. The summed E-state index contributed by atoms with van der Waals surface area (Å²) in [5, 5.41) is 4.09. The number of nitrogens with one attached hydrogen (secondary N) is 1. The summed E-state index contributed by atoms with van der Waals surface area (Å²) in [6.07, 6.45) is 5.53. The Hall–Kier alpha value is -2.88. The summed E-state index contributed by atoms with van der Waals surface area (Å²) >= 11 is -0.357. The summed E-state index contributed by atoms with van der Waals surface area (Å²) in [6.45, 7) is 2.58. The number of halogens is 3. The van der Waals surface area contributed by atoms with Gasteiger partial charge >= 0.3 is 179 Å². The minimum atomic E-state index is -0.901. The van der Waals surface area contributed by atoms with Crippen molar-refractivity contribution < 1.29 is 35.0 Å². The van der Waals surface area contributed by atoms with Crippen LogP contribution in [0.25, 0.3) is 22.0 Å². The molecule has 0 saturated heterocycles. The second-order valence-corrected chi connectivity index (χ2v) is 8.28. The van der Waals surface area contributed by atoms with Crippen molar-refractivity contribution in [2.75, 3.05) is 19.0 Å². The molecule has 0 amide bonds. The number of aromatic nitrogens is 2. The quantitative estimate of drug-likeness (QED) is 0.524. The summed E-state index contributed by atoms with van der Waals surface area (Å²) in [5.41, 5.74) is 4.02. The van der Waals surface area contributed by atoms with Crippen molar-refractivity contribution in [2.45, 2.75) is 6.92 Å². The van der Waals surface area contributed by atoms with Crippen LogP contribution in [0.1, 0.15) is 6.92 Å². The monoisotopic (exact) mass is 519 g/mol. The number of ether oxygens (including phenoxy) is 1. The van der Waals surface area contributed by atoms with Crippen molar-refractivity contribution in [1.82, 2.24) is 9.97 Å². The van der Waals surface area contributed by atoms with E-state index in [1.165, 1.54) is 18.5 Å². The zero-order valence-corrected chi connectivity index (χ0v) is 18.4. The van der Waals surface area contributed by atoms with Crippen LogP contribution in [-0.2, 0) is 0 Å². The van der Waals surface area contributed by atoms with Gasteiger partial charge in [-0.05, 0) is 0 Å². The van der Waals surface area contributed by atoms with Crippen LogP contribution < -0.4 is 31.5 Å². The number of benzene rings is 2. The zero-order chi connectivity index (χ0) is 21.1. The third-order valence-electron chi connectivity index (χ3n) is 4.55. The minimum absolute atomic E-state index is 0.357. The van der Waals surface area contributed by atoms with E-state index in [9.17, 15) is 8.78 Å². The van der Waals surface area contributed by atoms with Gasteiger partial charge in [0.1, 0.15) is 0 Å². The first-order chi connectivity index (χ1) is 14.5. The summed E-state index contributed by atoms with van der Waals surface area (Å²) in [7, 11) is 1.55. The van der Waals surface area contributed by atoms with E-state index < -0.39 is 11.6 Å². The number of nitrogens with zero attached hydrogens (tertiary/aromatic N) is 3. The Labute approximate surface area is 183 Å². The average Bonchev–Trinajstić information content (AvgIpc) is 2.97. The standard InChI is InChI=1S/C22H18F2IN4O/c1-13-3-4-14(10-25-29-13)11-26-22-17-7-16(15-5-6-18(23)19(24)8-15)9-20(30-2)21(17)27-12-28-22/h3-10,12H,11H2,1-2H3,(H,26,27,28)/q-1. The van der Waals surface area contributed by atoms with E-state index in [1.807, 2.05) is 19.1 Å². The van der Waals surface area contributed by atoms with Crippen LogP contribution in [0.15, 0.2) is 61.7 Å². The summed E-state index contributed by atoms with van der Waals surface area (Å²) < 4.78 is 39.3. The number of methoxy groups -OCH3 is 1. The molecule has 1 aliphatic rings. The topological polar surface area (TPSA) is 59.4 Å². The van der Waals surface area contributed by atoms with Gasteiger partial charge in [0.15, 0.2) is 0 Å². The molecule has 1 aromatic heterocycles. The van der Waals surface area contributed by atoms with Crippen molar-refractivity contribution >= 4 is 22.4 Å². The molecule has 0 radical (unpaired) electrons. The molecular formula is C22H18F2IN4O-. The second kappa shape index (κ2) is 8.86. The van der Waals surface area contributed by atoms with Crippen molar-refractivity contribution in [3.8, 4) is 16.9 Å². The number of allylic oxidation sites excluding steroid dienone is 1. The molecule has 1 aliphatic heterocycles. The Bertz CT molecular complexity index is 1210. The Morgan fingerprint density at radius 3 is 2.70 bits per heavy atom. The fourth-order valence-electron chi connectivity index (χ4n) is 3.01. The van der Waals surface area contributed by atoms with Gasteiger partial charge in [0, 0.05) is 0 Å². The molecule has 1 N–H and O–H groups in total. The SMILES string of the molecule is COc1cc(-c2ccc(F)c(F)c2)cc2c(NCC3=C[I-]N=C(C)C=C3)ncnc12. The first-order valence-corrected chi connectivity index (χ1v) is 11.3. The van der Waals surface area contributed by atoms with Crippen LogP contribution >= 0.6 is 0 Å². The van der Waals surface area contributed by atoms with Gasteiger partial charge in [-0.3, -0.25) is 0 Å². The van der Waals surface area contributed by atoms with Crippen LogP contribution in [0.2, 0.25) is 0 Å². The number of hydrogen-bond donors (Lipinski definition) is 1. The molecule has 8 heteroatoms. The van der Waals surface area contributed by atoms with Gasteiger partial charge < -0.3 is 0 Å².